The molecule has 0 aromatic rings. The van der Waals surface area contributed by atoms with Gasteiger partial charge in [0.25, 0.3) is 0 Å². The van der Waals surface area contributed by atoms with Crippen molar-refractivity contribution in [2.45, 2.75) is 64.7 Å². The van der Waals surface area contributed by atoms with E-state index in [0.29, 0.717) is 32.0 Å². The van der Waals surface area contributed by atoms with Crippen LogP contribution in [-0.2, 0) is 22.8 Å². The van der Waals surface area contributed by atoms with Crippen LogP contribution in [0.25, 0.3) is 0 Å². The topological polar surface area (TPSA) is 46.2 Å². The van der Waals surface area contributed by atoms with Crippen LogP contribution >= 0.6 is 0 Å². The van der Waals surface area contributed by atoms with Crippen molar-refractivity contribution < 1.29 is 22.8 Å². The predicted molar refractivity (Wildman–Crippen MR) is 84.4 cm³/mol. The highest BCUT2D eigenvalue weighted by Gasteiger charge is 2.43. The smallest absolute Gasteiger partial charge is 0.381 e. The number of hydrogen-bond donors (Lipinski definition) is 0. The summed E-state index contributed by atoms with van der Waals surface area (Å²) in [6, 6.07) is 0.714. The number of methoxy groups -OCH3 is 1. The fraction of sp³-hybridized carbons (Fsp3) is 1.00. The Labute approximate surface area is 130 Å². The zero-order valence-corrected chi connectivity index (χ0v) is 15.1. The first-order valence-corrected chi connectivity index (χ1v) is 10.2. The SMILES string of the molecule is CCO[Si](CC(CCC1CCCO1)OC)(OCC)OCC. The van der Waals surface area contributed by atoms with Gasteiger partial charge in [-0.25, -0.2) is 0 Å². The van der Waals surface area contributed by atoms with Gasteiger partial charge in [0.1, 0.15) is 0 Å². The molecule has 1 saturated heterocycles. The molecule has 126 valence electrons. The van der Waals surface area contributed by atoms with Crippen molar-refractivity contribution in [3.8, 4) is 0 Å². The van der Waals surface area contributed by atoms with E-state index in [2.05, 4.69) is 0 Å². The lowest BCUT2D eigenvalue weighted by molar-refractivity contribution is 0.0328. The Bertz CT molecular complexity index is 241. The molecule has 21 heavy (non-hydrogen) atoms. The lowest BCUT2D eigenvalue weighted by Gasteiger charge is -2.31. The van der Waals surface area contributed by atoms with Crippen LogP contribution in [-0.4, -0.2) is 54.5 Å². The van der Waals surface area contributed by atoms with Crippen molar-refractivity contribution in [3.63, 3.8) is 0 Å². The van der Waals surface area contributed by atoms with Gasteiger partial charge < -0.3 is 22.8 Å². The summed E-state index contributed by atoms with van der Waals surface area (Å²) >= 11 is 0. The second-order valence-corrected chi connectivity index (χ2v) is 7.90. The van der Waals surface area contributed by atoms with E-state index in [1.165, 1.54) is 12.8 Å². The minimum absolute atomic E-state index is 0.102. The van der Waals surface area contributed by atoms with Crippen LogP contribution in [0.1, 0.15) is 46.5 Å². The fourth-order valence-corrected chi connectivity index (χ4v) is 5.64. The molecule has 1 aliphatic heterocycles. The molecule has 6 heteroatoms. The van der Waals surface area contributed by atoms with E-state index >= 15 is 0 Å². The Balaban J connectivity index is 2.53. The molecule has 1 fully saturated rings. The molecule has 0 N–H and O–H groups in total. The summed E-state index contributed by atoms with van der Waals surface area (Å²) < 4.78 is 29.0. The number of rotatable bonds is 12. The van der Waals surface area contributed by atoms with E-state index in [9.17, 15) is 0 Å². The monoisotopic (exact) mass is 320 g/mol. The van der Waals surface area contributed by atoms with E-state index in [4.69, 9.17) is 22.8 Å². The molecule has 0 radical (unpaired) electrons. The quantitative estimate of drug-likeness (QED) is 0.517. The Morgan fingerprint density at radius 3 is 2.14 bits per heavy atom. The second-order valence-electron chi connectivity index (χ2n) is 5.26. The number of hydrogen-bond acceptors (Lipinski definition) is 5. The molecule has 0 bridgehead atoms. The summed E-state index contributed by atoms with van der Waals surface area (Å²) in [6.45, 7) is 8.66. The van der Waals surface area contributed by atoms with Crippen molar-refractivity contribution in [2.75, 3.05) is 33.5 Å². The first-order chi connectivity index (χ1) is 10.2. The maximum Gasteiger partial charge on any atom is 0.503 e. The molecular weight excluding hydrogens is 288 g/mol. The van der Waals surface area contributed by atoms with Crippen molar-refractivity contribution in [3.05, 3.63) is 0 Å². The summed E-state index contributed by atoms with van der Waals surface area (Å²) in [5.41, 5.74) is 0. The molecule has 0 amide bonds. The lowest BCUT2D eigenvalue weighted by atomic mass is 10.1. The summed E-state index contributed by atoms with van der Waals surface area (Å²) in [6.07, 6.45) is 4.84. The standard InChI is InChI=1S/C15H32O5Si/c1-5-18-21(19-6-2,20-7-3)13-15(16-4)11-10-14-9-8-12-17-14/h14-15H,5-13H2,1-4H3. The van der Waals surface area contributed by atoms with Gasteiger partial charge in [-0.3, -0.25) is 0 Å². The van der Waals surface area contributed by atoms with Crippen LogP contribution in [0.4, 0.5) is 0 Å². The van der Waals surface area contributed by atoms with Crippen LogP contribution in [0.15, 0.2) is 0 Å². The zero-order valence-electron chi connectivity index (χ0n) is 14.1. The van der Waals surface area contributed by atoms with Gasteiger partial charge in [0.05, 0.1) is 12.2 Å². The first-order valence-electron chi connectivity index (χ1n) is 8.25. The van der Waals surface area contributed by atoms with Crippen LogP contribution < -0.4 is 0 Å². The third-order valence-corrected chi connectivity index (χ3v) is 6.88. The van der Waals surface area contributed by atoms with Crippen LogP contribution in [0.2, 0.25) is 6.04 Å². The van der Waals surface area contributed by atoms with E-state index in [1.807, 2.05) is 20.8 Å². The summed E-state index contributed by atoms with van der Waals surface area (Å²) in [5.74, 6) is 0. The van der Waals surface area contributed by atoms with Crippen molar-refractivity contribution >= 4 is 8.80 Å². The van der Waals surface area contributed by atoms with Crippen LogP contribution in [0, 0.1) is 0 Å². The van der Waals surface area contributed by atoms with Gasteiger partial charge in [0, 0.05) is 39.6 Å². The fourth-order valence-electron chi connectivity index (χ4n) is 2.79. The molecule has 1 aliphatic rings. The molecule has 2 unspecified atom stereocenters. The Morgan fingerprint density at radius 1 is 1.10 bits per heavy atom. The van der Waals surface area contributed by atoms with Gasteiger partial charge in [-0.2, -0.15) is 0 Å². The second kappa shape index (κ2) is 10.7. The molecule has 0 saturated carbocycles. The van der Waals surface area contributed by atoms with Gasteiger partial charge in [0.15, 0.2) is 0 Å². The van der Waals surface area contributed by atoms with Crippen molar-refractivity contribution in [1.82, 2.24) is 0 Å². The molecular formula is C15H32O5Si. The highest BCUT2D eigenvalue weighted by atomic mass is 28.4. The van der Waals surface area contributed by atoms with Crippen LogP contribution in [0.5, 0.6) is 0 Å². The van der Waals surface area contributed by atoms with Gasteiger partial charge in [-0.15, -0.1) is 0 Å². The van der Waals surface area contributed by atoms with Crippen molar-refractivity contribution in [1.29, 1.82) is 0 Å². The minimum Gasteiger partial charge on any atom is -0.381 e. The molecule has 5 nitrogen and oxygen atoms in total. The molecule has 1 heterocycles. The lowest BCUT2D eigenvalue weighted by Crippen LogP contribution is -2.48. The predicted octanol–water partition coefficient (Wildman–Crippen LogP) is 3.01. The Hall–Kier alpha value is 0.0169. The molecule has 0 aromatic carbocycles. The molecule has 0 aromatic heterocycles. The van der Waals surface area contributed by atoms with Crippen LogP contribution in [0.3, 0.4) is 0 Å². The van der Waals surface area contributed by atoms with Crippen molar-refractivity contribution in [2.24, 2.45) is 0 Å². The van der Waals surface area contributed by atoms with E-state index in [0.717, 1.165) is 19.4 Å². The van der Waals surface area contributed by atoms with E-state index in [1.54, 1.807) is 7.11 Å². The normalized spacial score (nSPS) is 20.9. The summed E-state index contributed by atoms with van der Waals surface area (Å²) in [7, 11) is -0.869. The number of ether oxygens (including phenoxy) is 2. The average molecular weight is 321 g/mol. The van der Waals surface area contributed by atoms with Gasteiger partial charge in [-0.1, -0.05) is 0 Å². The summed E-state index contributed by atoms with van der Waals surface area (Å²) in [4.78, 5) is 0. The molecule has 1 rings (SSSR count). The third kappa shape index (κ3) is 6.75. The average Bonchev–Trinajstić information content (AvgIpc) is 2.97. The Morgan fingerprint density at radius 2 is 1.71 bits per heavy atom. The maximum atomic E-state index is 5.90. The van der Waals surface area contributed by atoms with E-state index < -0.39 is 8.80 Å². The largest absolute Gasteiger partial charge is 0.503 e. The zero-order chi connectivity index (χ0) is 15.6. The maximum absolute atomic E-state index is 5.90. The van der Waals surface area contributed by atoms with Gasteiger partial charge >= 0.3 is 8.80 Å². The molecule has 0 aliphatic carbocycles. The highest BCUT2D eigenvalue weighted by Crippen LogP contribution is 2.25. The van der Waals surface area contributed by atoms with Gasteiger partial charge in [0.2, 0.25) is 0 Å². The highest BCUT2D eigenvalue weighted by molar-refractivity contribution is 6.60. The first kappa shape index (κ1) is 19.1. The minimum atomic E-state index is -2.62. The molecule has 2 atom stereocenters. The van der Waals surface area contributed by atoms with E-state index in [-0.39, 0.29) is 6.10 Å². The van der Waals surface area contributed by atoms with Gasteiger partial charge in [-0.05, 0) is 46.5 Å². The summed E-state index contributed by atoms with van der Waals surface area (Å²) in [5, 5.41) is 0. The third-order valence-electron chi connectivity index (χ3n) is 3.74. The Kier molecular flexibility index (Phi) is 9.71. The molecule has 0 spiro atoms.